The van der Waals surface area contributed by atoms with E-state index in [1.807, 2.05) is 47.4 Å². The lowest BCUT2D eigenvalue weighted by Crippen LogP contribution is -2.48. The summed E-state index contributed by atoms with van der Waals surface area (Å²) in [6, 6.07) is 17.0. The lowest BCUT2D eigenvalue weighted by atomic mass is 9.99. The van der Waals surface area contributed by atoms with Gasteiger partial charge >= 0.3 is 0 Å². The van der Waals surface area contributed by atoms with Crippen LogP contribution < -0.4 is 10.1 Å². The first-order chi connectivity index (χ1) is 12.6. The average Bonchev–Trinajstić information content (AvgIpc) is 2.67. The van der Waals surface area contributed by atoms with E-state index in [9.17, 15) is 9.59 Å². The molecule has 1 N–H and O–H groups in total. The maximum absolute atomic E-state index is 12.6. The highest BCUT2D eigenvalue weighted by atomic mass is 16.5. The summed E-state index contributed by atoms with van der Waals surface area (Å²) in [6.45, 7) is 3.31. The number of hydrogen-bond donors (Lipinski definition) is 1. The van der Waals surface area contributed by atoms with Gasteiger partial charge in [-0.1, -0.05) is 42.5 Å². The van der Waals surface area contributed by atoms with E-state index in [0.717, 1.165) is 12.2 Å². The van der Waals surface area contributed by atoms with E-state index >= 15 is 0 Å². The van der Waals surface area contributed by atoms with Crippen LogP contribution in [0.5, 0.6) is 5.75 Å². The topological polar surface area (TPSA) is 58.6 Å². The number of nitrogens with one attached hydrogen (secondary N) is 1. The van der Waals surface area contributed by atoms with Gasteiger partial charge in [0.25, 0.3) is 0 Å². The van der Waals surface area contributed by atoms with Crippen molar-refractivity contribution in [3.8, 4) is 5.75 Å². The first-order valence-electron chi connectivity index (χ1n) is 8.96. The quantitative estimate of drug-likeness (QED) is 0.869. The number of carbonyl (C=O) groups is 2. The number of carbonyl (C=O) groups excluding carboxylic acids is 2. The molecule has 1 aliphatic rings. The summed E-state index contributed by atoms with van der Waals surface area (Å²) in [5.41, 5.74) is 2.48. The minimum atomic E-state index is -0.538. The molecular formula is C21H24N2O3. The monoisotopic (exact) mass is 352 g/mol. The summed E-state index contributed by atoms with van der Waals surface area (Å²) in [5.74, 6) is 0.507. The van der Waals surface area contributed by atoms with Gasteiger partial charge in [-0.05, 0) is 36.6 Å². The fraction of sp³-hybridized carbons (Fsp3) is 0.333. The SMILES string of the molecule is C[C@H](NC(=O)CCOc1ccccc1)C(=O)N1CCc2ccccc2C1. The van der Waals surface area contributed by atoms with E-state index in [1.165, 1.54) is 11.1 Å². The molecule has 0 fully saturated rings. The zero-order chi connectivity index (χ0) is 18.4. The smallest absolute Gasteiger partial charge is 0.245 e. The van der Waals surface area contributed by atoms with Crippen LogP contribution in [0.2, 0.25) is 0 Å². The third-order valence-corrected chi connectivity index (χ3v) is 4.53. The first kappa shape index (κ1) is 18.0. The second kappa shape index (κ2) is 8.52. The fourth-order valence-corrected chi connectivity index (χ4v) is 3.11. The molecule has 26 heavy (non-hydrogen) atoms. The molecule has 0 saturated carbocycles. The molecule has 0 radical (unpaired) electrons. The van der Waals surface area contributed by atoms with Gasteiger partial charge in [0.2, 0.25) is 11.8 Å². The van der Waals surface area contributed by atoms with Gasteiger partial charge in [-0.25, -0.2) is 0 Å². The Morgan fingerprint density at radius 2 is 1.77 bits per heavy atom. The minimum Gasteiger partial charge on any atom is -0.493 e. The number of ether oxygens (including phenoxy) is 1. The van der Waals surface area contributed by atoms with Crippen LogP contribution in [-0.4, -0.2) is 35.9 Å². The summed E-state index contributed by atoms with van der Waals surface area (Å²) >= 11 is 0. The van der Waals surface area contributed by atoms with Gasteiger partial charge in [-0.3, -0.25) is 9.59 Å². The molecule has 0 saturated heterocycles. The summed E-state index contributed by atoms with van der Waals surface area (Å²) in [5, 5.41) is 2.78. The van der Waals surface area contributed by atoms with Crippen molar-refractivity contribution in [1.29, 1.82) is 0 Å². The van der Waals surface area contributed by atoms with Crippen molar-refractivity contribution in [2.75, 3.05) is 13.2 Å². The average molecular weight is 352 g/mol. The van der Waals surface area contributed by atoms with Crippen LogP contribution >= 0.6 is 0 Å². The van der Waals surface area contributed by atoms with Crippen molar-refractivity contribution >= 4 is 11.8 Å². The molecule has 0 bridgehead atoms. The third kappa shape index (κ3) is 4.63. The molecule has 2 aromatic carbocycles. The molecule has 0 aromatic heterocycles. The van der Waals surface area contributed by atoms with Crippen LogP contribution in [-0.2, 0) is 22.6 Å². The second-order valence-electron chi connectivity index (χ2n) is 6.48. The third-order valence-electron chi connectivity index (χ3n) is 4.53. The number of fused-ring (bicyclic) bond motifs is 1. The largest absolute Gasteiger partial charge is 0.493 e. The molecule has 0 spiro atoms. The Hall–Kier alpha value is -2.82. The van der Waals surface area contributed by atoms with E-state index in [2.05, 4.69) is 17.4 Å². The molecule has 1 aliphatic heterocycles. The first-order valence-corrected chi connectivity index (χ1v) is 8.96. The van der Waals surface area contributed by atoms with Crippen LogP contribution in [0.15, 0.2) is 54.6 Å². The van der Waals surface area contributed by atoms with Crippen LogP contribution in [0.1, 0.15) is 24.5 Å². The highest BCUT2D eigenvalue weighted by Crippen LogP contribution is 2.19. The Balaban J connectivity index is 1.44. The number of para-hydroxylation sites is 1. The van der Waals surface area contributed by atoms with Gasteiger partial charge in [0.15, 0.2) is 0 Å². The molecular weight excluding hydrogens is 328 g/mol. The Bertz CT molecular complexity index is 761. The van der Waals surface area contributed by atoms with Crippen LogP contribution in [0.25, 0.3) is 0 Å². The maximum atomic E-state index is 12.6. The molecule has 136 valence electrons. The predicted molar refractivity (Wildman–Crippen MR) is 99.7 cm³/mol. The van der Waals surface area contributed by atoms with E-state index in [1.54, 1.807) is 6.92 Å². The fourth-order valence-electron chi connectivity index (χ4n) is 3.11. The zero-order valence-corrected chi connectivity index (χ0v) is 15.0. The molecule has 5 heteroatoms. The standard InChI is InChI=1S/C21H24N2O3/c1-16(22-20(24)12-14-26-19-9-3-2-4-10-19)21(25)23-13-11-17-7-5-6-8-18(17)15-23/h2-10,16H,11-15H2,1H3,(H,22,24)/t16-/m0/s1. The summed E-state index contributed by atoms with van der Waals surface area (Å²) < 4.78 is 5.52. The Labute approximate surface area is 154 Å². The Kier molecular flexibility index (Phi) is 5.89. The van der Waals surface area contributed by atoms with Gasteiger partial charge in [0, 0.05) is 13.1 Å². The highest BCUT2D eigenvalue weighted by molar-refractivity contribution is 5.87. The number of hydrogen-bond acceptors (Lipinski definition) is 3. The van der Waals surface area contributed by atoms with Crippen molar-refractivity contribution in [1.82, 2.24) is 10.2 Å². The Morgan fingerprint density at radius 1 is 1.08 bits per heavy atom. The lowest BCUT2D eigenvalue weighted by molar-refractivity contribution is -0.136. The van der Waals surface area contributed by atoms with Crippen molar-refractivity contribution in [2.45, 2.75) is 32.4 Å². The minimum absolute atomic E-state index is 0.0446. The number of benzene rings is 2. The molecule has 5 nitrogen and oxygen atoms in total. The second-order valence-corrected chi connectivity index (χ2v) is 6.48. The van der Waals surface area contributed by atoms with E-state index < -0.39 is 6.04 Å². The van der Waals surface area contributed by atoms with Crippen LogP contribution in [0, 0.1) is 0 Å². The molecule has 0 unspecified atom stereocenters. The summed E-state index contributed by atoms with van der Waals surface area (Å²) in [7, 11) is 0. The van der Waals surface area contributed by atoms with Gasteiger partial charge in [-0.2, -0.15) is 0 Å². The van der Waals surface area contributed by atoms with Crippen molar-refractivity contribution < 1.29 is 14.3 Å². The van der Waals surface area contributed by atoms with Gasteiger partial charge in [-0.15, -0.1) is 0 Å². The van der Waals surface area contributed by atoms with Crippen molar-refractivity contribution in [2.24, 2.45) is 0 Å². The van der Waals surface area contributed by atoms with Crippen molar-refractivity contribution in [3.63, 3.8) is 0 Å². The number of nitrogens with zero attached hydrogens (tertiary/aromatic N) is 1. The van der Waals surface area contributed by atoms with Gasteiger partial charge < -0.3 is 15.0 Å². The summed E-state index contributed by atoms with van der Waals surface area (Å²) in [4.78, 5) is 26.5. The summed E-state index contributed by atoms with van der Waals surface area (Å²) in [6.07, 6.45) is 1.07. The zero-order valence-electron chi connectivity index (χ0n) is 15.0. The predicted octanol–water partition coefficient (Wildman–Crippen LogP) is 2.55. The van der Waals surface area contributed by atoms with Gasteiger partial charge in [0.1, 0.15) is 11.8 Å². The molecule has 2 amide bonds. The molecule has 2 aromatic rings. The highest BCUT2D eigenvalue weighted by Gasteiger charge is 2.25. The van der Waals surface area contributed by atoms with Crippen LogP contribution in [0.4, 0.5) is 0 Å². The maximum Gasteiger partial charge on any atom is 0.245 e. The molecule has 1 heterocycles. The van der Waals surface area contributed by atoms with Crippen LogP contribution in [0.3, 0.4) is 0 Å². The number of rotatable bonds is 6. The van der Waals surface area contributed by atoms with Gasteiger partial charge in [0.05, 0.1) is 13.0 Å². The van der Waals surface area contributed by atoms with Crippen molar-refractivity contribution in [3.05, 3.63) is 65.7 Å². The number of amides is 2. The van der Waals surface area contributed by atoms with E-state index in [-0.39, 0.29) is 24.8 Å². The van der Waals surface area contributed by atoms with E-state index in [4.69, 9.17) is 4.74 Å². The Morgan fingerprint density at radius 3 is 2.54 bits per heavy atom. The molecule has 0 aliphatic carbocycles. The molecule has 3 rings (SSSR count). The normalized spacial score (nSPS) is 14.3. The lowest BCUT2D eigenvalue weighted by Gasteiger charge is -2.31. The van der Waals surface area contributed by atoms with E-state index in [0.29, 0.717) is 13.1 Å². The molecule has 1 atom stereocenters.